The number of carbonyl (C=O) groups is 1. The standard InChI is InChI=1S/C23H24F5N5O2/c1-5-33(14(2)13-35-18-7-6-15(12-30-18)22(3,24)25)21(34)20-19(17-9-11-32(4)31-17)16(8-10-29-20)23(26,27)28/h6-12,14H,5,13H2,1-4H3/t14-/m0/s1. The first-order valence-electron chi connectivity index (χ1n) is 10.7. The number of hydrogen-bond donors (Lipinski definition) is 0. The molecule has 7 nitrogen and oxygen atoms in total. The lowest BCUT2D eigenvalue weighted by atomic mass is 10.0. The molecule has 0 fully saturated rings. The second-order valence-electron chi connectivity index (χ2n) is 7.98. The van der Waals surface area contributed by atoms with Gasteiger partial charge in [-0.1, -0.05) is 0 Å². The van der Waals surface area contributed by atoms with Gasteiger partial charge in [0, 0.05) is 56.3 Å². The van der Waals surface area contributed by atoms with E-state index in [1.165, 1.54) is 34.0 Å². The third-order valence-corrected chi connectivity index (χ3v) is 5.28. The molecule has 0 aromatic carbocycles. The monoisotopic (exact) mass is 497 g/mol. The first kappa shape index (κ1) is 26.0. The third-order valence-electron chi connectivity index (χ3n) is 5.28. The van der Waals surface area contributed by atoms with Gasteiger partial charge in [0.2, 0.25) is 5.88 Å². The Labute approximate surface area is 198 Å². The molecule has 3 aromatic rings. The number of rotatable bonds is 8. The summed E-state index contributed by atoms with van der Waals surface area (Å²) in [4.78, 5) is 22.5. The van der Waals surface area contributed by atoms with Crippen LogP contribution in [0.25, 0.3) is 11.3 Å². The van der Waals surface area contributed by atoms with Crippen molar-refractivity contribution in [2.24, 2.45) is 7.05 Å². The van der Waals surface area contributed by atoms with E-state index < -0.39 is 35.2 Å². The average molecular weight is 497 g/mol. The predicted octanol–water partition coefficient (Wildman–Crippen LogP) is 4.94. The lowest BCUT2D eigenvalue weighted by Gasteiger charge is -2.28. The van der Waals surface area contributed by atoms with E-state index in [0.29, 0.717) is 0 Å². The van der Waals surface area contributed by atoms with Crippen LogP contribution in [0.2, 0.25) is 0 Å². The summed E-state index contributed by atoms with van der Waals surface area (Å²) in [6.07, 6.45) is -1.33. The number of aromatic nitrogens is 4. The number of likely N-dealkylation sites (N-methyl/N-ethyl adjacent to an activating group) is 1. The molecule has 0 saturated heterocycles. The lowest BCUT2D eigenvalue weighted by Crippen LogP contribution is -2.42. The Morgan fingerprint density at radius 2 is 1.86 bits per heavy atom. The van der Waals surface area contributed by atoms with Crippen LogP contribution in [-0.4, -0.2) is 49.7 Å². The Hall–Kier alpha value is -3.57. The van der Waals surface area contributed by atoms with Gasteiger partial charge < -0.3 is 9.64 Å². The van der Waals surface area contributed by atoms with Crippen LogP contribution in [0.1, 0.15) is 42.4 Å². The van der Waals surface area contributed by atoms with E-state index in [9.17, 15) is 26.7 Å². The lowest BCUT2D eigenvalue weighted by molar-refractivity contribution is -0.137. The molecule has 188 valence electrons. The molecule has 3 heterocycles. The molecular weight excluding hydrogens is 473 g/mol. The van der Waals surface area contributed by atoms with Crippen LogP contribution >= 0.6 is 0 Å². The Morgan fingerprint density at radius 3 is 2.37 bits per heavy atom. The van der Waals surface area contributed by atoms with Crippen LogP contribution in [0.4, 0.5) is 22.0 Å². The largest absolute Gasteiger partial charge is 0.475 e. The summed E-state index contributed by atoms with van der Waals surface area (Å²) in [5.74, 6) is -3.71. The molecule has 0 spiro atoms. The van der Waals surface area contributed by atoms with E-state index in [-0.39, 0.29) is 36.0 Å². The minimum atomic E-state index is -4.73. The van der Waals surface area contributed by atoms with Crippen molar-refractivity contribution in [3.8, 4) is 17.1 Å². The second-order valence-corrected chi connectivity index (χ2v) is 7.98. The molecule has 1 amide bonds. The summed E-state index contributed by atoms with van der Waals surface area (Å²) in [5, 5.41) is 4.05. The van der Waals surface area contributed by atoms with Gasteiger partial charge in [0.1, 0.15) is 12.3 Å². The Kier molecular flexibility index (Phi) is 7.41. The van der Waals surface area contributed by atoms with E-state index in [1.807, 2.05) is 0 Å². The molecule has 0 bridgehead atoms. The number of amides is 1. The van der Waals surface area contributed by atoms with Gasteiger partial charge >= 0.3 is 6.18 Å². The Bertz CT molecular complexity index is 1170. The second kappa shape index (κ2) is 9.96. The summed E-state index contributed by atoms with van der Waals surface area (Å²) in [6.45, 7) is 4.13. The number of alkyl halides is 5. The summed E-state index contributed by atoms with van der Waals surface area (Å²) >= 11 is 0. The maximum Gasteiger partial charge on any atom is 0.417 e. The smallest absolute Gasteiger partial charge is 0.417 e. The highest BCUT2D eigenvalue weighted by Crippen LogP contribution is 2.38. The van der Waals surface area contributed by atoms with Crippen molar-refractivity contribution in [1.29, 1.82) is 0 Å². The van der Waals surface area contributed by atoms with E-state index in [1.54, 1.807) is 20.9 Å². The van der Waals surface area contributed by atoms with Crippen LogP contribution in [0, 0.1) is 0 Å². The predicted molar refractivity (Wildman–Crippen MR) is 117 cm³/mol. The van der Waals surface area contributed by atoms with E-state index in [2.05, 4.69) is 15.1 Å². The van der Waals surface area contributed by atoms with Crippen LogP contribution < -0.4 is 4.74 Å². The van der Waals surface area contributed by atoms with Crippen molar-refractivity contribution < 1.29 is 31.5 Å². The maximum absolute atomic E-state index is 13.8. The Morgan fingerprint density at radius 1 is 1.14 bits per heavy atom. The molecule has 0 aliphatic carbocycles. The molecule has 35 heavy (non-hydrogen) atoms. The first-order chi connectivity index (χ1) is 16.3. The molecule has 3 rings (SSSR count). The maximum atomic E-state index is 13.8. The molecule has 0 aliphatic heterocycles. The fourth-order valence-corrected chi connectivity index (χ4v) is 3.48. The highest BCUT2D eigenvalue weighted by Gasteiger charge is 2.38. The van der Waals surface area contributed by atoms with Crippen LogP contribution in [0.3, 0.4) is 0 Å². The molecular formula is C23H24F5N5O2. The highest BCUT2D eigenvalue weighted by atomic mass is 19.4. The van der Waals surface area contributed by atoms with Gasteiger partial charge in [-0.15, -0.1) is 0 Å². The summed E-state index contributed by atoms with van der Waals surface area (Å²) < 4.78 is 74.9. The molecule has 0 radical (unpaired) electrons. The van der Waals surface area contributed by atoms with Crippen molar-refractivity contribution in [3.63, 3.8) is 0 Å². The van der Waals surface area contributed by atoms with E-state index in [4.69, 9.17) is 4.74 Å². The molecule has 3 aromatic heterocycles. The molecule has 0 saturated carbocycles. The molecule has 1 atom stereocenters. The molecule has 12 heteroatoms. The molecule has 0 aliphatic rings. The van der Waals surface area contributed by atoms with Gasteiger partial charge in [-0.2, -0.15) is 18.3 Å². The van der Waals surface area contributed by atoms with Crippen LogP contribution in [0.15, 0.2) is 42.9 Å². The van der Waals surface area contributed by atoms with Gasteiger partial charge in [0.05, 0.1) is 17.3 Å². The number of halogens is 5. The number of pyridine rings is 2. The number of nitrogens with zero attached hydrogens (tertiary/aromatic N) is 5. The zero-order valence-corrected chi connectivity index (χ0v) is 19.5. The molecule has 0 N–H and O–H groups in total. The van der Waals surface area contributed by atoms with Crippen molar-refractivity contribution >= 4 is 5.91 Å². The minimum absolute atomic E-state index is 0.0340. The summed E-state index contributed by atoms with van der Waals surface area (Å²) in [7, 11) is 1.55. The fourth-order valence-electron chi connectivity index (χ4n) is 3.48. The van der Waals surface area contributed by atoms with E-state index in [0.717, 1.165) is 25.4 Å². The topological polar surface area (TPSA) is 73.1 Å². The van der Waals surface area contributed by atoms with Gasteiger partial charge in [0.25, 0.3) is 11.8 Å². The summed E-state index contributed by atoms with van der Waals surface area (Å²) in [6, 6.07) is 4.04. The van der Waals surface area contributed by atoms with Crippen molar-refractivity contribution in [2.75, 3.05) is 13.2 Å². The number of carbonyl (C=O) groups excluding carboxylic acids is 1. The average Bonchev–Trinajstić information content (AvgIpc) is 3.22. The normalized spacial score (nSPS) is 12.9. The minimum Gasteiger partial charge on any atom is -0.475 e. The quantitative estimate of drug-likeness (QED) is 0.413. The SMILES string of the molecule is CCN(C(=O)c1nccc(C(F)(F)F)c1-c1ccn(C)n1)[C@@H](C)COc1ccc(C(C)(F)F)cn1. The zero-order chi connectivity index (χ0) is 26.0. The number of aryl methyl sites for hydroxylation is 1. The van der Waals surface area contributed by atoms with E-state index >= 15 is 0 Å². The van der Waals surface area contributed by atoms with Crippen molar-refractivity contribution in [3.05, 3.63) is 59.7 Å². The van der Waals surface area contributed by atoms with Crippen LogP contribution in [-0.2, 0) is 19.1 Å². The number of ether oxygens (including phenoxy) is 1. The zero-order valence-electron chi connectivity index (χ0n) is 19.5. The summed E-state index contributed by atoms with van der Waals surface area (Å²) in [5.41, 5.74) is -2.13. The van der Waals surface area contributed by atoms with Crippen molar-refractivity contribution in [1.82, 2.24) is 24.6 Å². The Balaban J connectivity index is 1.87. The molecule has 0 unspecified atom stereocenters. The van der Waals surface area contributed by atoms with Crippen LogP contribution in [0.5, 0.6) is 5.88 Å². The van der Waals surface area contributed by atoms with Gasteiger partial charge in [-0.05, 0) is 32.0 Å². The van der Waals surface area contributed by atoms with Crippen molar-refractivity contribution in [2.45, 2.75) is 38.9 Å². The van der Waals surface area contributed by atoms with Gasteiger partial charge in [-0.3, -0.25) is 14.5 Å². The third kappa shape index (κ3) is 5.92. The highest BCUT2D eigenvalue weighted by molar-refractivity contribution is 5.99. The van der Waals surface area contributed by atoms with Gasteiger partial charge in [-0.25, -0.2) is 13.8 Å². The number of hydrogen-bond acceptors (Lipinski definition) is 5. The first-order valence-corrected chi connectivity index (χ1v) is 10.7. The fraction of sp³-hybridized carbons (Fsp3) is 0.391. The van der Waals surface area contributed by atoms with Gasteiger partial charge in [0.15, 0.2) is 0 Å².